The minimum atomic E-state index is -1.24. The van der Waals surface area contributed by atoms with Gasteiger partial charge in [0.05, 0.1) is 7.11 Å². The molecule has 2 aromatic heterocycles. The highest BCUT2D eigenvalue weighted by molar-refractivity contribution is 5.93. The molecule has 112 valence electrons. The average molecular weight is 302 g/mol. The maximum atomic E-state index is 11.4. The molecule has 2 heterocycles. The van der Waals surface area contributed by atoms with Crippen LogP contribution in [0.15, 0.2) is 28.9 Å². The molecule has 0 amide bonds. The lowest BCUT2D eigenvalue weighted by Gasteiger charge is -2.06. The van der Waals surface area contributed by atoms with E-state index in [4.69, 9.17) is 10.5 Å². The van der Waals surface area contributed by atoms with Crippen LogP contribution in [0.4, 0.5) is 5.82 Å². The van der Waals surface area contributed by atoms with Gasteiger partial charge in [-0.1, -0.05) is 17.3 Å². The van der Waals surface area contributed by atoms with E-state index >= 15 is 0 Å². The number of ether oxygens (including phenoxy) is 1. The van der Waals surface area contributed by atoms with Crippen molar-refractivity contribution in [3.05, 3.63) is 30.0 Å². The lowest BCUT2D eigenvalue weighted by atomic mass is 10.1. The Morgan fingerprint density at radius 3 is 2.86 bits per heavy atom. The lowest BCUT2D eigenvalue weighted by Crippen LogP contribution is -2.05. The van der Waals surface area contributed by atoms with E-state index in [1.807, 2.05) is 0 Å². The summed E-state index contributed by atoms with van der Waals surface area (Å²) in [6, 6.07) is 6.77. The van der Waals surface area contributed by atoms with Crippen molar-refractivity contribution in [3.63, 3.8) is 0 Å². The van der Waals surface area contributed by atoms with Crippen LogP contribution in [0.25, 0.3) is 17.1 Å². The Morgan fingerprint density at radius 1 is 1.41 bits per heavy atom. The van der Waals surface area contributed by atoms with Crippen molar-refractivity contribution in [2.75, 3.05) is 12.8 Å². The van der Waals surface area contributed by atoms with Gasteiger partial charge in [-0.3, -0.25) is 0 Å². The molecule has 1 aromatic carbocycles. The quantitative estimate of drug-likeness (QED) is 0.708. The summed E-state index contributed by atoms with van der Waals surface area (Å²) in [6.45, 7) is 0. The Labute approximate surface area is 123 Å². The molecule has 0 fully saturated rings. The van der Waals surface area contributed by atoms with Gasteiger partial charge in [0.2, 0.25) is 11.6 Å². The van der Waals surface area contributed by atoms with Crippen molar-refractivity contribution in [1.82, 2.24) is 25.3 Å². The molecule has 0 unspecified atom stereocenters. The summed E-state index contributed by atoms with van der Waals surface area (Å²) in [5.41, 5.74) is 6.09. The number of aromatic carboxylic acids is 1. The zero-order valence-electron chi connectivity index (χ0n) is 11.3. The first-order valence-electron chi connectivity index (χ1n) is 6.03. The number of benzene rings is 1. The molecule has 3 N–H and O–H groups in total. The minimum absolute atomic E-state index is 0.0361. The van der Waals surface area contributed by atoms with Crippen molar-refractivity contribution in [3.8, 4) is 22.8 Å². The maximum absolute atomic E-state index is 11.4. The van der Waals surface area contributed by atoms with Gasteiger partial charge in [0.15, 0.2) is 5.69 Å². The first kappa shape index (κ1) is 13.5. The monoisotopic (exact) mass is 302 g/mol. The number of hydrogen-bond donors (Lipinski definition) is 2. The molecule has 3 rings (SSSR count). The van der Waals surface area contributed by atoms with Gasteiger partial charge in [0, 0.05) is 5.56 Å². The van der Waals surface area contributed by atoms with Crippen molar-refractivity contribution >= 4 is 11.8 Å². The topological polar surface area (TPSA) is 142 Å². The van der Waals surface area contributed by atoms with Crippen LogP contribution >= 0.6 is 0 Å². The van der Waals surface area contributed by atoms with Gasteiger partial charge in [-0.05, 0) is 22.4 Å². The van der Waals surface area contributed by atoms with Gasteiger partial charge in [0.25, 0.3) is 0 Å². The summed E-state index contributed by atoms with van der Waals surface area (Å²) in [5.74, 6) is -0.671. The Kier molecular flexibility index (Phi) is 3.18. The van der Waals surface area contributed by atoms with Gasteiger partial charge in [-0.15, -0.1) is 5.10 Å². The molecule has 0 radical (unpaired) electrons. The van der Waals surface area contributed by atoms with E-state index in [1.165, 1.54) is 7.11 Å². The van der Waals surface area contributed by atoms with Crippen LogP contribution in [0, 0.1) is 0 Å². The zero-order chi connectivity index (χ0) is 15.7. The molecule has 22 heavy (non-hydrogen) atoms. The summed E-state index contributed by atoms with van der Waals surface area (Å²) >= 11 is 0. The normalized spacial score (nSPS) is 10.6. The molecule has 0 atom stereocenters. The summed E-state index contributed by atoms with van der Waals surface area (Å²) < 4.78 is 10.8. The Morgan fingerprint density at radius 2 is 2.23 bits per heavy atom. The third kappa shape index (κ3) is 2.12. The average Bonchev–Trinajstić information content (AvgIpc) is 3.12. The fourth-order valence-electron chi connectivity index (χ4n) is 1.94. The van der Waals surface area contributed by atoms with E-state index in [0.29, 0.717) is 11.3 Å². The molecule has 0 aliphatic rings. The fraction of sp³-hybridized carbons (Fsp3) is 0.0833. The second kappa shape index (κ2) is 5.16. The van der Waals surface area contributed by atoms with Crippen molar-refractivity contribution in [2.24, 2.45) is 0 Å². The predicted octanol–water partition coefficient (Wildman–Crippen LogP) is 0.606. The third-order valence-corrected chi connectivity index (χ3v) is 2.91. The molecule has 10 heteroatoms. The number of aromatic nitrogens is 5. The van der Waals surface area contributed by atoms with E-state index in [0.717, 1.165) is 4.68 Å². The highest BCUT2D eigenvalue weighted by atomic mass is 16.6. The van der Waals surface area contributed by atoms with Gasteiger partial charge in [-0.25, -0.2) is 9.42 Å². The SMILES string of the molecule is COc1cccc(-c2c(C(=O)O)nnn2-c2nonc2N)c1. The molecule has 3 aromatic rings. The first-order chi connectivity index (χ1) is 10.6. The van der Waals surface area contributed by atoms with Crippen LogP contribution < -0.4 is 10.5 Å². The highest BCUT2D eigenvalue weighted by Crippen LogP contribution is 2.28. The fourth-order valence-corrected chi connectivity index (χ4v) is 1.94. The number of methoxy groups -OCH3 is 1. The van der Waals surface area contributed by atoms with Gasteiger partial charge < -0.3 is 15.6 Å². The van der Waals surface area contributed by atoms with Crippen LogP contribution in [0.1, 0.15) is 10.5 Å². The van der Waals surface area contributed by atoms with Crippen molar-refractivity contribution in [1.29, 1.82) is 0 Å². The molecule has 0 saturated carbocycles. The Balaban J connectivity index is 2.26. The number of nitrogen functional groups attached to an aromatic ring is 1. The molecule has 0 spiro atoms. The third-order valence-electron chi connectivity index (χ3n) is 2.91. The minimum Gasteiger partial charge on any atom is -0.497 e. The number of rotatable bonds is 4. The first-order valence-corrected chi connectivity index (χ1v) is 6.03. The lowest BCUT2D eigenvalue weighted by molar-refractivity contribution is 0.0691. The Bertz CT molecular complexity index is 840. The molecule has 0 saturated heterocycles. The molecular formula is C12H10N6O4. The summed E-state index contributed by atoms with van der Waals surface area (Å²) in [4.78, 5) is 11.4. The number of hydrogen-bond acceptors (Lipinski definition) is 8. The molecular weight excluding hydrogens is 292 g/mol. The molecule has 0 aliphatic heterocycles. The summed E-state index contributed by atoms with van der Waals surface area (Å²) in [7, 11) is 1.51. The number of carboxylic acid groups (broad SMARTS) is 1. The van der Waals surface area contributed by atoms with Crippen LogP contribution in [0.3, 0.4) is 0 Å². The van der Waals surface area contributed by atoms with E-state index in [1.54, 1.807) is 24.3 Å². The van der Waals surface area contributed by atoms with Crippen molar-refractivity contribution < 1.29 is 19.3 Å². The van der Waals surface area contributed by atoms with Crippen LogP contribution in [0.5, 0.6) is 5.75 Å². The second-order valence-electron chi connectivity index (χ2n) is 4.21. The van der Waals surface area contributed by atoms with E-state index in [-0.39, 0.29) is 23.0 Å². The number of nitrogens with zero attached hydrogens (tertiary/aromatic N) is 5. The van der Waals surface area contributed by atoms with Gasteiger partial charge >= 0.3 is 5.97 Å². The number of nitrogens with two attached hydrogens (primary N) is 1. The summed E-state index contributed by atoms with van der Waals surface area (Å²) in [5, 5.41) is 23.8. The summed E-state index contributed by atoms with van der Waals surface area (Å²) in [6.07, 6.45) is 0. The molecule has 0 aliphatic carbocycles. The standard InChI is InChI=1S/C12H10N6O4/c1-21-7-4-2-3-6(5-7)9-8(12(19)20)14-17-18(9)11-10(13)15-22-16-11/h2-5H,1H3,(H2,13,15)(H,19,20). The van der Waals surface area contributed by atoms with E-state index in [2.05, 4.69) is 25.3 Å². The molecule has 0 bridgehead atoms. The zero-order valence-corrected chi connectivity index (χ0v) is 11.3. The van der Waals surface area contributed by atoms with Gasteiger partial charge in [-0.2, -0.15) is 4.68 Å². The van der Waals surface area contributed by atoms with Crippen LogP contribution in [-0.4, -0.2) is 43.5 Å². The van der Waals surface area contributed by atoms with Gasteiger partial charge in [0.1, 0.15) is 11.4 Å². The van der Waals surface area contributed by atoms with Crippen LogP contribution in [0.2, 0.25) is 0 Å². The second-order valence-corrected chi connectivity index (χ2v) is 4.21. The van der Waals surface area contributed by atoms with E-state index < -0.39 is 5.97 Å². The number of anilines is 1. The smallest absolute Gasteiger partial charge is 0.358 e. The molecule has 10 nitrogen and oxygen atoms in total. The Hall–Kier alpha value is -3.43. The predicted molar refractivity (Wildman–Crippen MR) is 72.6 cm³/mol. The van der Waals surface area contributed by atoms with E-state index in [9.17, 15) is 9.90 Å². The number of carboxylic acids is 1. The highest BCUT2D eigenvalue weighted by Gasteiger charge is 2.24. The maximum Gasteiger partial charge on any atom is 0.358 e. The largest absolute Gasteiger partial charge is 0.497 e. The van der Waals surface area contributed by atoms with Crippen molar-refractivity contribution in [2.45, 2.75) is 0 Å². The van der Waals surface area contributed by atoms with Crippen LogP contribution in [-0.2, 0) is 0 Å². The number of carbonyl (C=O) groups is 1.